The summed E-state index contributed by atoms with van der Waals surface area (Å²) in [6.45, 7) is 4.84. The second kappa shape index (κ2) is 6.69. The Bertz CT molecular complexity index is 207. The molecule has 2 aliphatic rings. The molecule has 0 aromatic carbocycles. The molecule has 1 saturated carbocycles. The van der Waals surface area contributed by atoms with Crippen molar-refractivity contribution in [2.24, 2.45) is 5.92 Å². The van der Waals surface area contributed by atoms with Gasteiger partial charge in [-0.25, -0.2) is 0 Å². The number of ether oxygens (including phenoxy) is 2. The van der Waals surface area contributed by atoms with Gasteiger partial charge in [-0.1, -0.05) is 0 Å². The van der Waals surface area contributed by atoms with Gasteiger partial charge in [0.25, 0.3) is 0 Å². The van der Waals surface area contributed by atoms with Gasteiger partial charge in [-0.3, -0.25) is 0 Å². The number of hydrogen-bond acceptors (Lipinski definition) is 4. The molecule has 0 unspecified atom stereocenters. The molecule has 17 heavy (non-hydrogen) atoms. The van der Waals surface area contributed by atoms with E-state index in [4.69, 9.17) is 9.47 Å². The lowest BCUT2D eigenvalue weighted by Gasteiger charge is -2.35. The van der Waals surface area contributed by atoms with Crippen LogP contribution in [0.2, 0.25) is 0 Å². The Labute approximate surface area is 104 Å². The van der Waals surface area contributed by atoms with Gasteiger partial charge in [0.05, 0.1) is 13.2 Å². The molecule has 1 saturated heterocycles. The third-order valence-corrected chi connectivity index (χ3v) is 3.96. The Morgan fingerprint density at radius 1 is 1.06 bits per heavy atom. The maximum atomic E-state index is 5.74. The summed E-state index contributed by atoms with van der Waals surface area (Å²) in [6, 6.07) is 0. The first-order chi connectivity index (χ1) is 8.35. The van der Waals surface area contributed by atoms with Crippen LogP contribution in [0.4, 0.5) is 0 Å². The number of nitrogens with one attached hydrogen (secondary N) is 2. The summed E-state index contributed by atoms with van der Waals surface area (Å²) in [5.74, 6) is 0.672. The molecule has 0 radical (unpaired) electrons. The van der Waals surface area contributed by atoms with Crippen LogP contribution in [0.3, 0.4) is 0 Å². The van der Waals surface area contributed by atoms with Crippen LogP contribution >= 0.6 is 0 Å². The monoisotopic (exact) mass is 242 g/mol. The molecular weight excluding hydrogens is 216 g/mol. The van der Waals surface area contributed by atoms with E-state index in [2.05, 4.69) is 10.6 Å². The maximum absolute atomic E-state index is 5.74. The van der Waals surface area contributed by atoms with Crippen LogP contribution in [0, 0.1) is 5.92 Å². The highest BCUT2D eigenvalue weighted by molar-refractivity contribution is 4.82. The molecule has 1 heterocycles. The Morgan fingerprint density at radius 2 is 1.76 bits per heavy atom. The lowest BCUT2D eigenvalue weighted by atomic mass is 9.83. The minimum absolute atomic E-state index is 0.184. The van der Waals surface area contributed by atoms with E-state index in [1.54, 1.807) is 0 Å². The largest absolute Gasteiger partial charge is 0.348 e. The minimum atomic E-state index is -0.184. The summed E-state index contributed by atoms with van der Waals surface area (Å²) >= 11 is 0. The predicted octanol–water partition coefficient (Wildman–Crippen LogP) is 1.12. The third-order valence-electron chi connectivity index (χ3n) is 3.96. The highest BCUT2D eigenvalue weighted by Crippen LogP contribution is 2.39. The molecule has 1 spiro atoms. The maximum Gasteiger partial charge on any atom is 0.168 e. The van der Waals surface area contributed by atoms with Crippen LogP contribution in [0.25, 0.3) is 0 Å². The Morgan fingerprint density at radius 3 is 2.41 bits per heavy atom. The fourth-order valence-corrected chi connectivity index (χ4v) is 2.84. The first-order valence-electron chi connectivity index (χ1n) is 6.98. The van der Waals surface area contributed by atoms with Crippen LogP contribution in [0.15, 0.2) is 0 Å². The zero-order chi connectivity index (χ0) is 12.0. The lowest BCUT2D eigenvalue weighted by Crippen LogP contribution is -2.36. The van der Waals surface area contributed by atoms with Gasteiger partial charge in [0.2, 0.25) is 0 Å². The van der Waals surface area contributed by atoms with Gasteiger partial charge in [0, 0.05) is 25.9 Å². The molecule has 1 aliphatic heterocycles. The van der Waals surface area contributed by atoms with E-state index in [-0.39, 0.29) is 5.79 Å². The highest BCUT2D eigenvalue weighted by Gasteiger charge is 2.39. The summed E-state index contributed by atoms with van der Waals surface area (Å²) < 4.78 is 11.5. The Balaban J connectivity index is 1.56. The fraction of sp³-hybridized carbons (Fsp3) is 1.00. The molecule has 100 valence electrons. The van der Waals surface area contributed by atoms with Crippen molar-refractivity contribution >= 4 is 0 Å². The van der Waals surface area contributed by atoms with Gasteiger partial charge in [0.1, 0.15) is 0 Å². The summed E-state index contributed by atoms with van der Waals surface area (Å²) in [5, 5.41) is 6.61. The molecule has 0 bridgehead atoms. The van der Waals surface area contributed by atoms with Crippen LogP contribution < -0.4 is 10.6 Å². The first kappa shape index (κ1) is 13.3. The van der Waals surface area contributed by atoms with Crippen molar-refractivity contribution in [1.29, 1.82) is 0 Å². The van der Waals surface area contributed by atoms with E-state index in [1.807, 2.05) is 7.05 Å². The van der Waals surface area contributed by atoms with Crippen molar-refractivity contribution in [3.63, 3.8) is 0 Å². The second-order valence-electron chi connectivity index (χ2n) is 5.19. The average Bonchev–Trinajstić information content (AvgIpc) is 2.80. The summed E-state index contributed by atoms with van der Waals surface area (Å²) in [6.07, 6.45) is 5.99. The zero-order valence-corrected chi connectivity index (χ0v) is 11.0. The van der Waals surface area contributed by atoms with E-state index >= 15 is 0 Å². The Hall–Kier alpha value is -0.160. The second-order valence-corrected chi connectivity index (χ2v) is 5.19. The topological polar surface area (TPSA) is 42.5 Å². The molecule has 0 aromatic rings. The predicted molar refractivity (Wildman–Crippen MR) is 68.0 cm³/mol. The van der Waals surface area contributed by atoms with Crippen molar-refractivity contribution < 1.29 is 9.47 Å². The van der Waals surface area contributed by atoms with Crippen molar-refractivity contribution in [1.82, 2.24) is 10.6 Å². The smallest absolute Gasteiger partial charge is 0.168 e. The normalized spacial score (nSPS) is 24.5. The number of hydrogen-bond donors (Lipinski definition) is 2. The van der Waals surface area contributed by atoms with E-state index < -0.39 is 0 Å². The van der Waals surface area contributed by atoms with Gasteiger partial charge in [0.15, 0.2) is 5.79 Å². The fourth-order valence-electron chi connectivity index (χ4n) is 2.84. The summed E-state index contributed by atoms with van der Waals surface area (Å²) in [5.41, 5.74) is 0. The quantitative estimate of drug-likeness (QED) is 0.685. The van der Waals surface area contributed by atoms with E-state index in [0.717, 1.165) is 51.6 Å². The van der Waals surface area contributed by atoms with Crippen LogP contribution in [-0.4, -0.2) is 45.7 Å². The summed E-state index contributed by atoms with van der Waals surface area (Å²) in [7, 11) is 1.99. The molecular formula is C13H26N2O2. The minimum Gasteiger partial charge on any atom is -0.348 e. The van der Waals surface area contributed by atoms with Gasteiger partial charge >= 0.3 is 0 Å². The standard InChI is InChI=1S/C13H26N2O2/c1-14-8-9-15-7-4-12-2-5-13(6-3-12)16-10-11-17-13/h12,14-15H,2-11H2,1H3. The van der Waals surface area contributed by atoms with Crippen LogP contribution in [-0.2, 0) is 9.47 Å². The molecule has 2 rings (SSSR count). The van der Waals surface area contributed by atoms with Gasteiger partial charge in [-0.2, -0.15) is 0 Å². The SMILES string of the molecule is CNCCNCCC1CCC2(CC1)OCCO2. The molecule has 2 N–H and O–H groups in total. The summed E-state index contributed by atoms with van der Waals surface area (Å²) in [4.78, 5) is 0. The van der Waals surface area contributed by atoms with Crippen molar-refractivity contribution in [3.8, 4) is 0 Å². The highest BCUT2D eigenvalue weighted by atomic mass is 16.7. The molecule has 4 heteroatoms. The lowest BCUT2D eigenvalue weighted by molar-refractivity contribution is -0.182. The van der Waals surface area contributed by atoms with E-state index in [1.165, 1.54) is 19.3 Å². The van der Waals surface area contributed by atoms with Gasteiger partial charge < -0.3 is 20.1 Å². The Kier molecular flexibility index (Phi) is 5.22. The van der Waals surface area contributed by atoms with Crippen molar-refractivity contribution in [2.45, 2.75) is 37.9 Å². The van der Waals surface area contributed by atoms with Gasteiger partial charge in [-0.15, -0.1) is 0 Å². The molecule has 2 fully saturated rings. The van der Waals surface area contributed by atoms with E-state index in [0.29, 0.717) is 0 Å². The van der Waals surface area contributed by atoms with Gasteiger partial charge in [-0.05, 0) is 38.8 Å². The molecule has 4 nitrogen and oxygen atoms in total. The molecule has 0 amide bonds. The van der Waals surface area contributed by atoms with Crippen molar-refractivity contribution in [3.05, 3.63) is 0 Å². The van der Waals surface area contributed by atoms with Crippen LogP contribution in [0.1, 0.15) is 32.1 Å². The first-order valence-corrected chi connectivity index (χ1v) is 6.98. The molecule has 0 aromatic heterocycles. The molecule has 1 aliphatic carbocycles. The van der Waals surface area contributed by atoms with E-state index in [9.17, 15) is 0 Å². The average molecular weight is 242 g/mol. The third kappa shape index (κ3) is 3.91. The molecule has 0 atom stereocenters. The number of likely N-dealkylation sites (N-methyl/N-ethyl adjacent to an activating group) is 1. The van der Waals surface area contributed by atoms with Crippen molar-refractivity contribution in [2.75, 3.05) is 39.9 Å². The zero-order valence-electron chi connectivity index (χ0n) is 11.0. The van der Waals surface area contributed by atoms with Crippen LogP contribution in [0.5, 0.6) is 0 Å². The number of rotatable bonds is 6.